The molecule has 0 spiro atoms. The molecule has 0 radical (unpaired) electrons. The van der Waals surface area contributed by atoms with Gasteiger partial charge in [0.25, 0.3) is 0 Å². The first kappa shape index (κ1) is 16.1. The Bertz CT molecular complexity index is 877. The first-order valence-corrected chi connectivity index (χ1v) is 8.48. The number of thioether (sulfide) groups is 1. The molecule has 1 saturated heterocycles. The van der Waals surface area contributed by atoms with Gasteiger partial charge in [0.05, 0.1) is 12.4 Å². The molecule has 4 atom stereocenters. The molecule has 0 aromatic carbocycles. The Morgan fingerprint density at radius 2 is 1.92 bits per heavy atom. The fraction of sp³-hybridized carbons (Fsp3) is 0.357. The smallest absolute Gasteiger partial charge is 0.187 e. The van der Waals surface area contributed by atoms with Crippen molar-refractivity contribution in [1.29, 1.82) is 0 Å². The van der Waals surface area contributed by atoms with Crippen LogP contribution in [0.2, 0.25) is 0 Å². The van der Waals surface area contributed by atoms with E-state index in [4.69, 9.17) is 10.5 Å². The van der Waals surface area contributed by atoms with Crippen LogP contribution in [-0.2, 0) is 4.74 Å². The van der Waals surface area contributed by atoms with Gasteiger partial charge in [0, 0.05) is 18.1 Å². The van der Waals surface area contributed by atoms with Crippen LogP contribution in [0.4, 0.5) is 5.82 Å². The highest BCUT2D eigenvalue weighted by Crippen LogP contribution is 2.33. The molecule has 0 aliphatic carbocycles. The molecule has 11 heteroatoms. The average molecular weight is 361 g/mol. The van der Waals surface area contributed by atoms with Gasteiger partial charge < -0.3 is 20.7 Å². The van der Waals surface area contributed by atoms with Gasteiger partial charge in [-0.05, 0) is 6.07 Å². The topological polar surface area (TPSA) is 145 Å². The maximum absolute atomic E-state index is 10.4. The normalized spacial score (nSPS) is 26.3. The van der Waals surface area contributed by atoms with E-state index in [1.54, 1.807) is 23.0 Å². The lowest BCUT2D eigenvalue weighted by atomic mass is 10.1. The second kappa shape index (κ2) is 6.52. The van der Waals surface area contributed by atoms with Crippen molar-refractivity contribution in [3.05, 3.63) is 31.1 Å². The second-order valence-corrected chi connectivity index (χ2v) is 6.46. The Hall–Kier alpha value is -2.34. The van der Waals surface area contributed by atoms with Crippen molar-refractivity contribution in [2.75, 3.05) is 11.5 Å². The number of fused-ring (bicyclic) bond motifs is 1. The number of aromatic nitrogens is 6. The zero-order chi connectivity index (χ0) is 17.4. The van der Waals surface area contributed by atoms with E-state index < -0.39 is 24.5 Å². The van der Waals surface area contributed by atoms with Crippen molar-refractivity contribution in [2.45, 2.75) is 29.7 Å². The molecule has 0 saturated carbocycles. The Balaban J connectivity index is 1.54. The Kier molecular flexibility index (Phi) is 4.21. The summed E-state index contributed by atoms with van der Waals surface area (Å²) < 4.78 is 7.39. The van der Waals surface area contributed by atoms with E-state index in [1.165, 1.54) is 24.4 Å². The van der Waals surface area contributed by atoms with Crippen molar-refractivity contribution >= 4 is 28.7 Å². The molecule has 1 fully saturated rings. The van der Waals surface area contributed by atoms with E-state index in [2.05, 4.69) is 24.9 Å². The minimum Gasteiger partial charge on any atom is -0.387 e. The zero-order valence-electron chi connectivity index (χ0n) is 12.9. The van der Waals surface area contributed by atoms with Crippen LogP contribution in [0, 0.1) is 0 Å². The molecule has 1 aliphatic heterocycles. The van der Waals surface area contributed by atoms with Gasteiger partial charge in [-0.2, -0.15) is 0 Å². The van der Waals surface area contributed by atoms with Crippen LogP contribution >= 0.6 is 11.8 Å². The van der Waals surface area contributed by atoms with Crippen LogP contribution in [0.1, 0.15) is 6.23 Å². The summed E-state index contributed by atoms with van der Waals surface area (Å²) >= 11 is 1.34. The van der Waals surface area contributed by atoms with Crippen LogP contribution < -0.4 is 5.73 Å². The molecular weight excluding hydrogens is 346 g/mol. The SMILES string of the molecule is Nc1ncnc2c1ncn2[C@H]1O[C@@H](CSc2ncccn2)[C@H](O)[C@@H]1O. The number of nitrogens with zero attached hydrogens (tertiary/aromatic N) is 6. The third kappa shape index (κ3) is 2.91. The third-order valence-corrected chi connectivity index (χ3v) is 4.88. The molecule has 0 unspecified atom stereocenters. The highest BCUT2D eigenvalue weighted by Gasteiger charge is 2.44. The summed E-state index contributed by atoms with van der Waals surface area (Å²) in [6, 6.07) is 1.72. The van der Waals surface area contributed by atoms with Gasteiger partial charge in [-0.25, -0.2) is 24.9 Å². The van der Waals surface area contributed by atoms with Crippen LogP contribution in [0.5, 0.6) is 0 Å². The van der Waals surface area contributed by atoms with Crippen LogP contribution in [-0.4, -0.2) is 63.8 Å². The van der Waals surface area contributed by atoms with Crippen molar-refractivity contribution < 1.29 is 14.9 Å². The van der Waals surface area contributed by atoms with E-state index in [0.29, 0.717) is 22.1 Å². The maximum atomic E-state index is 10.4. The van der Waals surface area contributed by atoms with Crippen molar-refractivity contribution in [2.24, 2.45) is 0 Å². The molecule has 4 rings (SSSR count). The second-order valence-electron chi connectivity index (χ2n) is 5.47. The minimum absolute atomic E-state index is 0.241. The molecular formula is C14H15N7O3S. The molecule has 0 bridgehead atoms. The molecule has 130 valence electrons. The largest absolute Gasteiger partial charge is 0.387 e. The van der Waals surface area contributed by atoms with Crippen molar-refractivity contribution in [3.63, 3.8) is 0 Å². The van der Waals surface area contributed by atoms with Gasteiger partial charge in [0.15, 0.2) is 22.8 Å². The maximum Gasteiger partial charge on any atom is 0.187 e. The number of aliphatic hydroxyl groups excluding tert-OH is 2. The highest BCUT2D eigenvalue weighted by atomic mass is 32.2. The van der Waals surface area contributed by atoms with Gasteiger partial charge >= 0.3 is 0 Å². The van der Waals surface area contributed by atoms with E-state index >= 15 is 0 Å². The van der Waals surface area contributed by atoms with E-state index in [0.717, 1.165) is 0 Å². The lowest BCUT2D eigenvalue weighted by Crippen LogP contribution is -2.32. The quantitative estimate of drug-likeness (QED) is 0.415. The number of nitrogens with two attached hydrogens (primary N) is 1. The fourth-order valence-electron chi connectivity index (χ4n) is 2.67. The Morgan fingerprint density at radius 3 is 2.72 bits per heavy atom. The van der Waals surface area contributed by atoms with Gasteiger partial charge in [0.1, 0.15) is 24.1 Å². The van der Waals surface area contributed by atoms with Gasteiger partial charge in [-0.3, -0.25) is 4.57 Å². The molecule has 3 aromatic rings. The number of hydrogen-bond acceptors (Lipinski definition) is 10. The standard InChI is InChI=1S/C14H15N7O3S/c15-11-8-12(19-5-18-11)21(6-20-8)13-10(23)9(22)7(24-13)4-25-14-16-2-1-3-17-14/h1-3,5-7,9-10,13,22-23H,4H2,(H2,15,18,19)/t7-,9-,10-,13-/m0/s1. The summed E-state index contributed by atoms with van der Waals surface area (Å²) in [7, 11) is 0. The molecule has 10 nitrogen and oxygen atoms in total. The average Bonchev–Trinajstić information content (AvgIpc) is 3.18. The minimum atomic E-state index is -1.13. The lowest BCUT2D eigenvalue weighted by molar-refractivity contribution is -0.0289. The molecule has 4 heterocycles. The number of anilines is 1. The molecule has 25 heavy (non-hydrogen) atoms. The van der Waals surface area contributed by atoms with E-state index in [-0.39, 0.29) is 5.82 Å². The van der Waals surface area contributed by atoms with Crippen LogP contribution in [0.25, 0.3) is 11.2 Å². The summed E-state index contributed by atoms with van der Waals surface area (Å²) in [5, 5.41) is 21.3. The van der Waals surface area contributed by atoms with E-state index in [1.807, 2.05) is 0 Å². The molecule has 1 aliphatic rings. The van der Waals surface area contributed by atoms with Gasteiger partial charge in [-0.15, -0.1) is 0 Å². The number of aliphatic hydroxyl groups is 2. The van der Waals surface area contributed by atoms with Crippen LogP contribution in [0.15, 0.2) is 36.3 Å². The summed E-state index contributed by atoms with van der Waals surface area (Å²) in [5.74, 6) is 0.632. The summed E-state index contributed by atoms with van der Waals surface area (Å²) in [6.45, 7) is 0. The summed E-state index contributed by atoms with van der Waals surface area (Å²) in [4.78, 5) is 20.4. The number of hydrogen-bond donors (Lipinski definition) is 3. The predicted molar refractivity (Wildman–Crippen MR) is 88.4 cm³/mol. The fourth-order valence-corrected chi connectivity index (χ4v) is 3.53. The predicted octanol–water partition coefficient (Wildman–Crippen LogP) is -0.390. The summed E-state index contributed by atoms with van der Waals surface area (Å²) in [6.07, 6.45) is 2.46. The van der Waals surface area contributed by atoms with E-state index in [9.17, 15) is 10.2 Å². The number of ether oxygens (including phenoxy) is 1. The first-order chi connectivity index (χ1) is 12.1. The molecule has 3 aromatic heterocycles. The molecule has 0 amide bonds. The van der Waals surface area contributed by atoms with Crippen molar-refractivity contribution in [3.8, 4) is 0 Å². The molecule has 4 N–H and O–H groups in total. The van der Waals surface area contributed by atoms with Crippen LogP contribution in [0.3, 0.4) is 0 Å². The van der Waals surface area contributed by atoms with Gasteiger partial charge in [-0.1, -0.05) is 11.8 Å². The monoisotopic (exact) mass is 361 g/mol. The highest BCUT2D eigenvalue weighted by molar-refractivity contribution is 7.99. The Labute approximate surface area is 146 Å². The lowest BCUT2D eigenvalue weighted by Gasteiger charge is -2.16. The zero-order valence-corrected chi connectivity index (χ0v) is 13.7. The third-order valence-electron chi connectivity index (χ3n) is 3.92. The summed E-state index contributed by atoms with van der Waals surface area (Å²) in [5.41, 5.74) is 6.63. The number of imidazole rings is 1. The first-order valence-electron chi connectivity index (χ1n) is 7.49. The number of nitrogen functional groups attached to an aromatic ring is 1. The Morgan fingerprint density at radius 1 is 1.12 bits per heavy atom. The van der Waals surface area contributed by atoms with Crippen molar-refractivity contribution in [1.82, 2.24) is 29.5 Å². The van der Waals surface area contributed by atoms with Gasteiger partial charge in [0.2, 0.25) is 0 Å². The number of rotatable bonds is 4.